The van der Waals surface area contributed by atoms with Crippen LogP contribution in [0.4, 0.5) is 6.01 Å². The molecule has 92 valence electrons. The first kappa shape index (κ1) is 11.2. The highest BCUT2D eigenvalue weighted by atomic mass is 35.5. The molecule has 0 atom stereocenters. The minimum Gasteiger partial charge on any atom is -0.403 e. The van der Waals surface area contributed by atoms with E-state index in [1.807, 2.05) is 12.1 Å². The molecule has 3 rings (SSSR count). The number of hydrogen-bond acceptors (Lipinski definition) is 4. The van der Waals surface area contributed by atoms with E-state index >= 15 is 0 Å². The highest BCUT2D eigenvalue weighted by Crippen LogP contribution is 2.31. The Morgan fingerprint density at radius 1 is 1.33 bits per heavy atom. The summed E-state index contributed by atoms with van der Waals surface area (Å²) in [6, 6.07) is 7.28. The van der Waals surface area contributed by atoms with Crippen LogP contribution in [-0.2, 0) is 4.79 Å². The molecule has 1 amide bonds. The van der Waals surface area contributed by atoms with E-state index < -0.39 is 0 Å². The van der Waals surface area contributed by atoms with Gasteiger partial charge in [0.05, 0.1) is 10.6 Å². The van der Waals surface area contributed by atoms with Crippen molar-refractivity contribution in [2.24, 2.45) is 5.92 Å². The van der Waals surface area contributed by atoms with Gasteiger partial charge in [0.25, 0.3) is 5.89 Å². The lowest BCUT2D eigenvalue weighted by Gasteiger charge is -1.98. The van der Waals surface area contributed by atoms with Gasteiger partial charge < -0.3 is 4.42 Å². The van der Waals surface area contributed by atoms with Crippen LogP contribution in [0, 0.1) is 5.92 Å². The molecule has 0 aliphatic heterocycles. The van der Waals surface area contributed by atoms with Gasteiger partial charge in [0, 0.05) is 5.92 Å². The van der Waals surface area contributed by atoms with E-state index in [0.717, 1.165) is 12.8 Å². The third-order valence-corrected chi connectivity index (χ3v) is 3.04. The Labute approximate surface area is 108 Å². The molecule has 6 heteroatoms. The zero-order chi connectivity index (χ0) is 12.5. The van der Waals surface area contributed by atoms with E-state index in [2.05, 4.69) is 15.5 Å². The summed E-state index contributed by atoms with van der Waals surface area (Å²) in [5, 5.41) is 10.8. The first-order valence-corrected chi connectivity index (χ1v) is 6.01. The van der Waals surface area contributed by atoms with Gasteiger partial charge in [-0.05, 0) is 25.0 Å². The van der Waals surface area contributed by atoms with Crippen molar-refractivity contribution in [2.75, 3.05) is 5.32 Å². The standard InChI is InChI=1S/C12H10ClN3O2/c13-9-4-2-1-3-8(9)11-15-16-12(18-11)14-10(17)7-5-6-7/h1-4,7H,5-6H2,(H,14,16,17). The molecule has 18 heavy (non-hydrogen) atoms. The number of aromatic nitrogens is 2. The van der Waals surface area contributed by atoms with Crippen LogP contribution in [0.2, 0.25) is 5.02 Å². The topological polar surface area (TPSA) is 68.0 Å². The fourth-order valence-electron chi connectivity index (χ4n) is 1.57. The van der Waals surface area contributed by atoms with Crippen molar-refractivity contribution < 1.29 is 9.21 Å². The lowest BCUT2D eigenvalue weighted by Crippen LogP contribution is -2.13. The SMILES string of the molecule is O=C(Nc1nnc(-c2ccccc2Cl)o1)C1CC1. The van der Waals surface area contributed by atoms with E-state index in [9.17, 15) is 4.79 Å². The van der Waals surface area contributed by atoms with Crippen LogP contribution in [0.1, 0.15) is 12.8 Å². The van der Waals surface area contributed by atoms with Gasteiger partial charge in [-0.3, -0.25) is 10.1 Å². The maximum Gasteiger partial charge on any atom is 0.322 e. The van der Waals surface area contributed by atoms with Gasteiger partial charge in [0.1, 0.15) is 0 Å². The molecule has 1 aromatic heterocycles. The largest absolute Gasteiger partial charge is 0.403 e. The number of hydrogen-bond donors (Lipinski definition) is 1. The molecule has 1 aliphatic rings. The van der Waals surface area contributed by atoms with E-state index in [1.54, 1.807) is 12.1 Å². The summed E-state index contributed by atoms with van der Waals surface area (Å²) < 4.78 is 5.36. The Hall–Kier alpha value is -1.88. The van der Waals surface area contributed by atoms with Crippen molar-refractivity contribution in [2.45, 2.75) is 12.8 Å². The van der Waals surface area contributed by atoms with E-state index in [4.69, 9.17) is 16.0 Å². The summed E-state index contributed by atoms with van der Waals surface area (Å²) in [6.07, 6.45) is 1.86. The molecule has 0 spiro atoms. The average Bonchev–Trinajstić information content (AvgIpc) is 3.12. The Morgan fingerprint density at radius 3 is 2.83 bits per heavy atom. The van der Waals surface area contributed by atoms with Crippen molar-refractivity contribution in [3.63, 3.8) is 0 Å². The summed E-state index contributed by atoms with van der Waals surface area (Å²) in [7, 11) is 0. The summed E-state index contributed by atoms with van der Waals surface area (Å²) in [5.74, 6) is 0.330. The molecule has 0 saturated heterocycles. The summed E-state index contributed by atoms with van der Waals surface area (Å²) in [6.45, 7) is 0. The quantitative estimate of drug-likeness (QED) is 0.924. The third kappa shape index (κ3) is 2.22. The maximum atomic E-state index is 11.5. The van der Waals surface area contributed by atoms with E-state index in [0.29, 0.717) is 16.5 Å². The van der Waals surface area contributed by atoms with Crippen molar-refractivity contribution in [1.82, 2.24) is 10.2 Å². The first-order valence-electron chi connectivity index (χ1n) is 5.63. The molecule has 1 saturated carbocycles. The number of nitrogens with zero attached hydrogens (tertiary/aromatic N) is 2. The van der Waals surface area contributed by atoms with Crippen molar-refractivity contribution in [3.8, 4) is 11.5 Å². The van der Waals surface area contributed by atoms with Gasteiger partial charge in [-0.25, -0.2) is 0 Å². The highest BCUT2D eigenvalue weighted by molar-refractivity contribution is 6.33. The fourth-order valence-corrected chi connectivity index (χ4v) is 1.79. The third-order valence-electron chi connectivity index (χ3n) is 2.71. The second kappa shape index (κ2) is 4.42. The van der Waals surface area contributed by atoms with Crippen molar-refractivity contribution >= 4 is 23.5 Å². The number of amides is 1. The van der Waals surface area contributed by atoms with Crippen LogP contribution >= 0.6 is 11.6 Å². The number of carbonyl (C=O) groups excluding carboxylic acids is 1. The molecule has 1 aromatic carbocycles. The zero-order valence-corrected chi connectivity index (χ0v) is 10.1. The van der Waals surface area contributed by atoms with Crippen LogP contribution in [0.25, 0.3) is 11.5 Å². The molecule has 5 nitrogen and oxygen atoms in total. The normalized spacial score (nSPS) is 14.5. The fraction of sp³-hybridized carbons (Fsp3) is 0.250. The Morgan fingerprint density at radius 2 is 2.11 bits per heavy atom. The predicted octanol–water partition coefficient (Wildman–Crippen LogP) is 2.74. The number of rotatable bonds is 3. The van der Waals surface area contributed by atoms with E-state index in [-0.39, 0.29) is 17.8 Å². The number of carbonyl (C=O) groups is 1. The smallest absolute Gasteiger partial charge is 0.322 e. The highest BCUT2D eigenvalue weighted by Gasteiger charge is 2.30. The molecule has 2 aromatic rings. The minimum absolute atomic E-state index is 0.0654. The molecule has 1 aliphatic carbocycles. The first-order chi connectivity index (χ1) is 8.74. The van der Waals surface area contributed by atoms with Gasteiger partial charge in [0.2, 0.25) is 5.91 Å². The predicted molar refractivity (Wildman–Crippen MR) is 66.1 cm³/mol. The van der Waals surface area contributed by atoms with Crippen LogP contribution in [0.15, 0.2) is 28.7 Å². The minimum atomic E-state index is -0.0654. The average molecular weight is 264 g/mol. The Balaban J connectivity index is 1.80. The summed E-state index contributed by atoms with van der Waals surface area (Å²) >= 11 is 6.02. The van der Waals surface area contributed by atoms with Crippen LogP contribution in [-0.4, -0.2) is 16.1 Å². The van der Waals surface area contributed by atoms with Crippen LogP contribution < -0.4 is 5.32 Å². The van der Waals surface area contributed by atoms with Gasteiger partial charge in [-0.2, -0.15) is 0 Å². The maximum absolute atomic E-state index is 11.5. The molecule has 0 radical (unpaired) electrons. The second-order valence-electron chi connectivity index (χ2n) is 4.16. The monoisotopic (exact) mass is 263 g/mol. The van der Waals surface area contributed by atoms with E-state index in [1.165, 1.54) is 0 Å². The molecular formula is C12H10ClN3O2. The van der Waals surface area contributed by atoms with Crippen molar-refractivity contribution in [3.05, 3.63) is 29.3 Å². The van der Waals surface area contributed by atoms with Gasteiger partial charge in [-0.15, -0.1) is 5.10 Å². The second-order valence-corrected chi connectivity index (χ2v) is 4.56. The molecule has 0 bridgehead atoms. The number of halogens is 1. The van der Waals surface area contributed by atoms with Crippen LogP contribution in [0.5, 0.6) is 0 Å². The van der Waals surface area contributed by atoms with Gasteiger partial charge >= 0.3 is 6.01 Å². The lowest BCUT2D eigenvalue weighted by atomic mass is 10.2. The Bertz CT molecular complexity index is 593. The molecular weight excluding hydrogens is 254 g/mol. The molecule has 0 unspecified atom stereocenters. The summed E-state index contributed by atoms with van der Waals surface area (Å²) in [4.78, 5) is 11.5. The molecule has 1 N–H and O–H groups in total. The number of nitrogens with one attached hydrogen (secondary N) is 1. The summed E-state index contributed by atoms with van der Waals surface area (Å²) in [5.41, 5.74) is 0.651. The number of benzene rings is 1. The van der Waals surface area contributed by atoms with Gasteiger partial charge in [-0.1, -0.05) is 28.8 Å². The van der Waals surface area contributed by atoms with Crippen LogP contribution in [0.3, 0.4) is 0 Å². The van der Waals surface area contributed by atoms with Gasteiger partial charge in [0.15, 0.2) is 0 Å². The van der Waals surface area contributed by atoms with Crippen molar-refractivity contribution in [1.29, 1.82) is 0 Å². The lowest BCUT2D eigenvalue weighted by molar-refractivity contribution is -0.117. The molecule has 1 fully saturated rings. The Kier molecular flexibility index (Phi) is 2.76. The zero-order valence-electron chi connectivity index (χ0n) is 9.39. The molecule has 1 heterocycles. The number of anilines is 1.